The molecule has 1 atom stereocenters. The van der Waals surface area contributed by atoms with Gasteiger partial charge in [-0.15, -0.1) is 0 Å². The van der Waals surface area contributed by atoms with Crippen molar-refractivity contribution in [3.8, 4) is 0 Å². The molecule has 4 heterocycles. The van der Waals surface area contributed by atoms with Gasteiger partial charge in [0.25, 0.3) is 5.56 Å². The van der Waals surface area contributed by atoms with E-state index < -0.39 is 23.6 Å². The molecular formula is C24H28F3N5O3S. The van der Waals surface area contributed by atoms with Gasteiger partial charge in [0.2, 0.25) is 12.2 Å². The van der Waals surface area contributed by atoms with E-state index in [1.807, 2.05) is 42.2 Å². The van der Waals surface area contributed by atoms with Gasteiger partial charge in [-0.25, -0.2) is 9.97 Å². The lowest BCUT2D eigenvalue weighted by Crippen LogP contribution is -2.35. The Morgan fingerprint density at radius 2 is 1.81 bits per heavy atom. The van der Waals surface area contributed by atoms with Crippen LogP contribution in [-0.2, 0) is 15.7 Å². The van der Waals surface area contributed by atoms with Gasteiger partial charge in [-0.1, -0.05) is 41.7 Å². The summed E-state index contributed by atoms with van der Waals surface area (Å²) in [7, 11) is 0. The van der Waals surface area contributed by atoms with Crippen LogP contribution in [0.1, 0.15) is 56.1 Å². The fourth-order valence-corrected chi connectivity index (χ4v) is 5.33. The van der Waals surface area contributed by atoms with Crippen LogP contribution < -0.4 is 15.8 Å². The summed E-state index contributed by atoms with van der Waals surface area (Å²) in [5.41, 5.74) is 0.455. The molecule has 0 aliphatic carbocycles. The molecule has 12 heteroatoms. The number of hydrogen-bond donors (Lipinski definition) is 1. The number of aromatic nitrogens is 3. The third-order valence-corrected chi connectivity index (χ3v) is 7.27. The predicted octanol–water partition coefficient (Wildman–Crippen LogP) is 4.32. The largest absolute Gasteiger partial charge is 0.449 e. The number of rotatable bonds is 5. The molecule has 1 aromatic carbocycles. The number of ether oxygens (including phenoxy) is 1. The summed E-state index contributed by atoms with van der Waals surface area (Å²) < 4.78 is 46.6. The maximum absolute atomic E-state index is 13.5. The van der Waals surface area contributed by atoms with Crippen LogP contribution in [0.3, 0.4) is 0 Å². The number of thiazole rings is 1. The monoisotopic (exact) mass is 523 g/mol. The molecule has 36 heavy (non-hydrogen) atoms. The molecule has 1 amide bonds. The first-order valence-corrected chi connectivity index (χ1v) is 12.7. The minimum absolute atomic E-state index is 0.0337. The Hall–Kier alpha value is -2.99. The highest BCUT2D eigenvalue weighted by atomic mass is 32.1. The van der Waals surface area contributed by atoms with Crippen molar-refractivity contribution in [3.63, 3.8) is 0 Å². The third kappa shape index (κ3) is 5.86. The lowest BCUT2D eigenvalue weighted by Gasteiger charge is -2.26. The van der Waals surface area contributed by atoms with Gasteiger partial charge < -0.3 is 15.0 Å². The van der Waals surface area contributed by atoms with Crippen LogP contribution in [0, 0.1) is 0 Å². The Kier molecular flexibility index (Phi) is 8.24. The van der Waals surface area contributed by atoms with E-state index in [1.165, 1.54) is 0 Å². The summed E-state index contributed by atoms with van der Waals surface area (Å²) in [6.07, 6.45) is -1.22. The first-order valence-electron chi connectivity index (χ1n) is 11.9. The van der Waals surface area contributed by atoms with Gasteiger partial charge in [-0.2, -0.15) is 13.2 Å². The Bertz CT molecular complexity index is 1220. The fourth-order valence-electron chi connectivity index (χ4n) is 4.34. The molecule has 2 fully saturated rings. The highest BCUT2D eigenvalue weighted by Crippen LogP contribution is 2.35. The first kappa shape index (κ1) is 26.1. The lowest BCUT2D eigenvalue weighted by molar-refractivity contribution is -0.149. The second-order valence-corrected chi connectivity index (χ2v) is 9.67. The molecule has 1 N–H and O–H groups in total. The Balaban J connectivity index is 0.000000233. The molecule has 3 aromatic rings. The SMILES string of the molecule is C[C@@H](NC=O)c1ccccc1.O=c1c2nc(N3CCCC3)sc2nc(C(F)(F)F)n1C1CCOCC1. The molecule has 194 valence electrons. The van der Waals surface area contributed by atoms with E-state index in [9.17, 15) is 22.8 Å². The number of fused-ring (bicyclic) bond motifs is 1. The number of anilines is 1. The quantitative estimate of drug-likeness (QED) is 0.501. The summed E-state index contributed by atoms with van der Waals surface area (Å²) >= 11 is 1.06. The summed E-state index contributed by atoms with van der Waals surface area (Å²) in [6.45, 7) is 4.23. The van der Waals surface area contributed by atoms with Crippen molar-refractivity contribution in [2.45, 2.75) is 50.9 Å². The number of benzene rings is 1. The zero-order chi connectivity index (χ0) is 25.7. The summed E-state index contributed by atoms with van der Waals surface area (Å²) in [4.78, 5) is 33.1. The van der Waals surface area contributed by atoms with E-state index in [-0.39, 0.29) is 16.4 Å². The lowest BCUT2D eigenvalue weighted by atomic mass is 10.1. The van der Waals surface area contributed by atoms with Crippen LogP contribution in [0.15, 0.2) is 35.1 Å². The number of amides is 1. The number of carbonyl (C=O) groups excluding carboxylic acids is 1. The number of hydrogen-bond acceptors (Lipinski definition) is 7. The predicted molar refractivity (Wildman–Crippen MR) is 131 cm³/mol. The normalized spacial score (nSPS) is 17.5. The second-order valence-electron chi connectivity index (χ2n) is 8.71. The van der Waals surface area contributed by atoms with Crippen molar-refractivity contribution >= 4 is 33.2 Å². The standard InChI is InChI=1S/C15H17F3N4O2S.C9H11NO/c16-15(17,18)13-20-11-10(19-14(25-11)21-5-1-2-6-21)12(23)22(13)9-3-7-24-8-4-9;1-8(10-7-11)9-5-3-2-4-6-9/h9H,1-8H2;2-8H,1H3,(H,10,11)/t;8-/m.1/s1. The van der Waals surface area contributed by atoms with Crippen LogP contribution in [0.4, 0.5) is 18.3 Å². The molecule has 0 spiro atoms. The number of nitrogens with zero attached hydrogens (tertiary/aromatic N) is 4. The van der Waals surface area contributed by atoms with Gasteiger partial charge in [0.15, 0.2) is 15.5 Å². The molecule has 2 aliphatic heterocycles. The van der Waals surface area contributed by atoms with Gasteiger partial charge in [-0.3, -0.25) is 14.2 Å². The summed E-state index contributed by atoms with van der Waals surface area (Å²) in [5.74, 6) is -1.13. The number of alkyl halides is 3. The van der Waals surface area contributed by atoms with Gasteiger partial charge >= 0.3 is 6.18 Å². The first-order chi connectivity index (χ1) is 17.3. The van der Waals surface area contributed by atoms with Crippen LogP contribution in [0.25, 0.3) is 10.3 Å². The maximum atomic E-state index is 13.5. The molecule has 0 bridgehead atoms. The highest BCUT2D eigenvalue weighted by Gasteiger charge is 2.40. The Morgan fingerprint density at radius 3 is 2.42 bits per heavy atom. The molecular weight excluding hydrogens is 495 g/mol. The zero-order valence-electron chi connectivity index (χ0n) is 19.8. The van der Waals surface area contributed by atoms with Crippen molar-refractivity contribution in [1.29, 1.82) is 0 Å². The van der Waals surface area contributed by atoms with E-state index in [1.54, 1.807) is 0 Å². The molecule has 5 rings (SSSR count). The third-order valence-electron chi connectivity index (χ3n) is 6.26. The van der Waals surface area contributed by atoms with Crippen molar-refractivity contribution in [2.75, 3.05) is 31.2 Å². The van der Waals surface area contributed by atoms with E-state index >= 15 is 0 Å². The molecule has 2 saturated heterocycles. The van der Waals surface area contributed by atoms with E-state index in [0.29, 0.717) is 31.2 Å². The van der Waals surface area contributed by atoms with Gasteiger partial charge in [-0.05, 0) is 38.2 Å². The highest BCUT2D eigenvalue weighted by molar-refractivity contribution is 7.21. The number of carbonyl (C=O) groups is 1. The summed E-state index contributed by atoms with van der Waals surface area (Å²) in [6, 6.07) is 9.39. The average molecular weight is 524 g/mol. The van der Waals surface area contributed by atoms with Crippen molar-refractivity contribution < 1.29 is 22.7 Å². The van der Waals surface area contributed by atoms with E-state index in [2.05, 4.69) is 15.3 Å². The van der Waals surface area contributed by atoms with Crippen LogP contribution in [-0.4, -0.2) is 47.2 Å². The average Bonchev–Trinajstić information content (AvgIpc) is 3.55. The topological polar surface area (TPSA) is 89.4 Å². The smallest absolute Gasteiger partial charge is 0.381 e. The Morgan fingerprint density at radius 1 is 1.14 bits per heavy atom. The zero-order valence-corrected chi connectivity index (χ0v) is 20.6. The number of halogens is 3. The van der Waals surface area contributed by atoms with Crippen molar-refractivity contribution in [1.82, 2.24) is 19.9 Å². The molecule has 8 nitrogen and oxygen atoms in total. The fraction of sp³-hybridized carbons (Fsp3) is 0.500. The van der Waals surface area contributed by atoms with Crippen LogP contribution >= 0.6 is 11.3 Å². The minimum Gasteiger partial charge on any atom is -0.381 e. The van der Waals surface area contributed by atoms with Crippen LogP contribution in [0.5, 0.6) is 0 Å². The molecule has 0 saturated carbocycles. The van der Waals surface area contributed by atoms with Crippen molar-refractivity contribution in [3.05, 3.63) is 52.1 Å². The van der Waals surface area contributed by atoms with Gasteiger partial charge in [0, 0.05) is 32.3 Å². The van der Waals surface area contributed by atoms with E-state index in [0.717, 1.165) is 53.8 Å². The summed E-state index contributed by atoms with van der Waals surface area (Å²) in [5, 5.41) is 3.26. The van der Waals surface area contributed by atoms with E-state index in [4.69, 9.17) is 4.74 Å². The molecule has 2 aliphatic rings. The van der Waals surface area contributed by atoms with Gasteiger partial charge in [0.1, 0.15) is 0 Å². The van der Waals surface area contributed by atoms with Gasteiger partial charge in [0.05, 0.1) is 6.04 Å². The Labute approximate surface area is 210 Å². The maximum Gasteiger partial charge on any atom is 0.449 e. The van der Waals surface area contributed by atoms with Crippen LogP contribution in [0.2, 0.25) is 0 Å². The minimum atomic E-state index is -4.69. The molecule has 2 aromatic heterocycles. The number of nitrogens with one attached hydrogen (secondary N) is 1. The van der Waals surface area contributed by atoms with Crippen molar-refractivity contribution in [2.24, 2.45) is 0 Å². The second kappa shape index (κ2) is 11.4. The molecule has 0 unspecified atom stereocenters. The molecule has 0 radical (unpaired) electrons.